The molecule has 0 amide bonds. The fourth-order valence-electron chi connectivity index (χ4n) is 2.29. The summed E-state index contributed by atoms with van der Waals surface area (Å²) in [5.41, 5.74) is 6.40. The number of nitrogen functional groups attached to an aromatic ring is 1. The van der Waals surface area contributed by atoms with E-state index in [1.807, 2.05) is 23.9 Å². The van der Waals surface area contributed by atoms with Crippen LogP contribution in [-0.2, 0) is 0 Å². The molecule has 0 atom stereocenters. The van der Waals surface area contributed by atoms with Crippen molar-refractivity contribution < 1.29 is 0 Å². The molecular weight excluding hydrogens is 244 g/mol. The lowest BCUT2D eigenvalue weighted by Gasteiger charge is -2.28. The highest BCUT2D eigenvalue weighted by molar-refractivity contribution is 7.99. The molecule has 0 bridgehead atoms. The second-order valence-electron chi connectivity index (χ2n) is 4.60. The fraction of sp³-hybridized carbons (Fsp3) is 0.538. The van der Waals surface area contributed by atoms with Gasteiger partial charge in [-0.05, 0) is 44.1 Å². The zero-order valence-corrected chi connectivity index (χ0v) is 11.3. The number of rotatable bonds is 3. The van der Waals surface area contributed by atoms with Crippen LogP contribution in [-0.4, -0.2) is 22.5 Å². The first-order valence-electron chi connectivity index (χ1n) is 6.19. The van der Waals surface area contributed by atoms with E-state index in [4.69, 9.17) is 11.0 Å². The van der Waals surface area contributed by atoms with E-state index in [-0.39, 0.29) is 0 Å². The molecule has 1 fully saturated rings. The Morgan fingerprint density at radius 3 is 2.72 bits per heavy atom. The second-order valence-corrected chi connectivity index (χ2v) is 5.74. The van der Waals surface area contributed by atoms with Crippen LogP contribution < -0.4 is 11.1 Å². The van der Waals surface area contributed by atoms with E-state index < -0.39 is 0 Å². The fourth-order valence-corrected chi connectivity index (χ4v) is 3.04. The minimum absolute atomic E-state index is 0.304. The molecule has 0 unspecified atom stereocenters. The largest absolute Gasteiger partial charge is 0.396 e. The Morgan fingerprint density at radius 1 is 1.39 bits per heavy atom. The Balaban J connectivity index is 1.96. The van der Waals surface area contributed by atoms with Crippen LogP contribution in [0.1, 0.15) is 31.4 Å². The maximum Gasteiger partial charge on any atom is 0.165 e. The molecule has 1 aliphatic rings. The molecule has 18 heavy (non-hydrogen) atoms. The van der Waals surface area contributed by atoms with Crippen LogP contribution in [0.4, 0.5) is 11.5 Å². The molecule has 0 saturated heterocycles. The van der Waals surface area contributed by atoms with Crippen molar-refractivity contribution in [1.29, 1.82) is 5.26 Å². The van der Waals surface area contributed by atoms with Crippen molar-refractivity contribution in [3.8, 4) is 6.07 Å². The number of anilines is 2. The van der Waals surface area contributed by atoms with E-state index in [2.05, 4.69) is 16.6 Å². The van der Waals surface area contributed by atoms with E-state index in [9.17, 15) is 0 Å². The maximum atomic E-state index is 8.89. The maximum absolute atomic E-state index is 8.89. The van der Waals surface area contributed by atoms with Crippen molar-refractivity contribution in [3.63, 3.8) is 0 Å². The molecule has 1 aromatic rings. The predicted octanol–water partition coefficient (Wildman–Crippen LogP) is 2.62. The van der Waals surface area contributed by atoms with Gasteiger partial charge in [0.05, 0.1) is 5.69 Å². The van der Waals surface area contributed by atoms with Gasteiger partial charge in [-0.1, -0.05) is 0 Å². The summed E-state index contributed by atoms with van der Waals surface area (Å²) in [6, 6.07) is 6.06. The molecule has 1 aliphatic carbocycles. The summed E-state index contributed by atoms with van der Waals surface area (Å²) in [4.78, 5) is 4.22. The van der Waals surface area contributed by atoms with E-state index in [1.54, 1.807) is 6.07 Å². The minimum Gasteiger partial charge on any atom is -0.396 e. The Labute approximate surface area is 112 Å². The third kappa shape index (κ3) is 3.08. The topological polar surface area (TPSA) is 74.7 Å². The zero-order valence-electron chi connectivity index (χ0n) is 10.5. The highest BCUT2D eigenvalue weighted by atomic mass is 32.2. The SMILES string of the molecule is CSC1CCC(Nc2ccc(N)c(C#N)n2)CC1. The Kier molecular flexibility index (Phi) is 4.32. The number of hydrogen-bond donors (Lipinski definition) is 2. The molecule has 0 spiro atoms. The molecule has 1 aromatic heterocycles. The van der Waals surface area contributed by atoms with Crippen LogP contribution in [0.5, 0.6) is 0 Å². The molecule has 0 aromatic carbocycles. The molecule has 4 nitrogen and oxygen atoms in total. The van der Waals surface area contributed by atoms with Gasteiger partial charge in [0.25, 0.3) is 0 Å². The number of thioether (sulfide) groups is 1. The summed E-state index contributed by atoms with van der Waals surface area (Å²) in [6.45, 7) is 0. The van der Waals surface area contributed by atoms with Crippen molar-refractivity contribution in [2.45, 2.75) is 37.0 Å². The van der Waals surface area contributed by atoms with Crippen molar-refractivity contribution in [2.75, 3.05) is 17.3 Å². The van der Waals surface area contributed by atoms with E-state index in [0.717, 1.165) is 11.1 Å². The van der Waals surface area contributed by atoms with Gasteiger partial charge in [-0.2, -0.15) is 17.0 Å². The lowest BCUT2D eigenvalue weighted by molar-refractivity contribution is 0.472. The molecule has 0 radical (unpaired) electrons. The number of aromatic nitrogens is 1. The summed E-state index contributed by atoms with van der Waals surface area (Å²) in [6.07, 6.45) is 7.01. The molecule has 3 N–H and O–H groups in total. The standard InChI is InChI=1S/C13H18N4S/c1-18-10-4-2-9(3-5-10)16-13-7-6-11(15)12(8-14)17-13/h6-7,9-10H,2-5,15H2,1H3,(H,16,17). The third-order valence-electron chi connectivity index (χ3n) is 3.39. The molecule has 2 rings (SSSR count). The molecule has 0 aliphatic heterocycles. The van der Waals surface area contributed by atoms with Crippen LogP contribution in [0, 0.1) is 11.3 Å². The van der Waals surface area contributed by atoms with Crippen molar-refractivity contribution in [1.82, 2.24) is 4.98 Å². The second kappa shape index (κ2) is 5.96. The van der Waals surface area contributed by atoms with E-state index in [1.165, 1.54) is 25.7 Å². The summed E-state index contributed by atoms with van der Waals surface area (Å²) >= 11 is 1.96. The first-order chi connectivity index (χ1) is 8.72. The van der Waals surface area contributed by atoms with Gasteiger partial charge in [0.2, 0.25) is 0 Å². The van der Waals surface area contributed by atoms with Gasteiger partial charge in [0.15, 0.2) is 5.69 Å². The van der Waals surface area contributed by atoms with Crippen molar-refractivity contribution >= 4 is 23.3 Å². The number of hydrogen-bond acceptors (Lipinski definition) is 5. The quantitative estimate of drug-likeness (QED) is 0.876. The summed E-state index contributed by atoms with van der Waals surface area (Å²) in [7, 11) is 0. The highest BCUT2D eigenvalue weighted by Gasteiger charge is 2.20. The highest BCUT2D eigenvalue weighted by Crippen LogP contribution is 2.28. The van der Waals surface area contributed by atoms with Crippen LogP contribution >= 0.6 is 11.8 Å². The smallest absolute Gasteiger partial charge is 0.165 e. The molecule has 1 saturated carbocycles. The average molecular weight is 262 g/mol. The number of nitrogens with zero attached hydrogens (tertiary/aromatic N) is 2. The normalized spacial score (nSPS) is 23.3. The van der Waals surface area contributed by atoms with Gasteiger partial charge in [-0.15, -0.1) is 0 Å². The van der Waals surface area contributed by atoms with Crippen LogP contribution in [0.2, 0.25) is 0 Å². The molecule has 5 heteroatoms. The Hall–Kier alpha value is -1.41. The number of nitrogens with one attached hydrogen (secondary N) is 1. The Morgan fingerprint density at radius 2 is 2.11 bits per heavy atom. The molecule has 96 valence electrons. The lowest BCUT2D eigenvalue weighted by Crippen LogP contribution is -2.27. The first kappa shape index (κ1) is 13.0. The van der Waals surface area contributed by atoms with Gasteiger partial charge in [-0.3, -0.25) is 0 Å². The number of nitriles is 1. The van der Waals surface area contributed by atoms with Crippen LogP contribution in [0.15, 0.2) is 12.1 Å². The predicted molar refractivity (Wildman–Crippen MR) is 76.5 cm³/mol. The van der Waals surface area contributed by atoms with Crippen LogP contribution in [0.3, 0.4) is 0 Å². The van der Waals surface area contributed by atoms with Crippen molar-refractivity contribution in [3.05, 3.63) is 17.8 Å². The minimum atomic E-state index is 0.304. The third-order valence-corrected chi connectivity index (χ3v) is 4.53. The summed E-state index contributed by atoms with van der Waals surface area (Å²) < 4.78 is 0. The molecule has 1 heterocycles. The van der Waals surface area contributed by atoms with Gasteiger partial charge < -0.3 is 11.1 Å². The van der Waals surface area contributed by atoms with Gasteiger partial charge >= 0.3 is 0 Å². The first-order valence-corrected chi connectivity index (χ1v) is 7.47. The van der Waals surface area contributed by atoms with Crippen molar-refractivity contribution in [2.24, 2.45) is 0 Å². The van der Waals surface area contributed by atoms with Gasteiger partial charge in [0.1, 0.15) is 11.9 Å². The molecular formula is C13H18N4S. The summed E-state index contributed by atoms with van der Waals surface area (Å²) in [5, 5.41) is 13.1. The van der Waals surface area contributed by atoms with Gasteiger partial charge in [-0.25, -0.2) is 4.98 Å². The summed E-state index contributed by atoms with van der Waals surface area (Å²) in [5.74, 6) is 0.758. The van der Waals surface area contributed by atoms with E-state index >= 15 is 0 Å². The number of nitrogens with two attached hydrogens (primary N) is 1. The zero-order chi connectivity index (χ0) is 13.0. The average Bonchev–Trinajstić information content (AvgIpc) is 2.42. The van der Waals surface area contributed by atoms with E-state index in [0.29, 0.717) is 17.4 Å². The monoisotopic (exact) mass is 262 g/mol. The lowest BCUT2D eigenvalue weighted by atomic mass is 9.95. The van der Waals surface area contributed by atoms with Gasteiger partial charge in [0, 0.05) is 11.3 Å². The Bertz CT molecular complexity index is 447. The van der Waals surface area contributed by atoms with Crippen LogP contribution in [0.25, 0.3) is 0 Å². The number of pyridine rings is 1.